The molecule has 2 heterocycles. The van der Waals surface area contributed by atoms with Crippen molar-refractivity contribution >= 4 is 5.91 Å². The van der Waals surface area contributed by atoms with Gasteiger partial charge in [-0.1, -0.05) is 6.07 Å². The normalized spacial score (nSPS) is 12.1. The fraction of sp³-hybridized carbons (Fsp3) is 0.273. The number of rotatable bonds is 9. The Hall–Kier alpha value is -4.20. The maximum absolute atomic E-state index is 14.2. The number of nitrogens with one attached hydrogen (secondary N) is 2. The summed E-state index contributed by atoms with van der Waals surface area (Å²) in [5, 5.41) is 2.52. The van der Waals surface area contributed by atoms with Gasteiger partial charge >= 0.3 is 6.36 Å². The zero-order valence-electron chi connectivity index (χ0n) is 19.1. The molecular formula is C22H20F4N4O6. The molecule has 14 heteroatoms. The maximum Gasteiger partial charge on any atom is 0.573 e. The number of alkyl halides is 3. The van der Waals surface area contributed by atoms with E-state index in [0.29, 0.717) is 5.75 Å². The molecule has 1 amide bonds. The van der Waals surface area contributed by atoms with Crippen molar-refractivity contribution in [1.82, 2.24) is 20.3 Å². The summed E-state index contributed by atoms with van der Waals surface area (Å²) in [6.07, 6.45) is -3.71. The highest BCUT2D eigenvalue weighted by Crippen LogP contribution is 2.29. The molecule has 0 radical (unpaired) electrons. The van der Waals surface area contributed by atoms with Crippen LogP contribution in [-0.4, -0.2) is 55.2 Å². The summed E-state index contributed by atoms with van der Waals surface area (Å²) in [7, 11) is 4.11. The lowest BCUT2D eigenvalue weighted by atomic mass is 10.1. The number of ether oxygens (including phenoxy) is 4. The Labute approximate surface area is 201 Å². The first-order valence-corrected chi connectivity index (χ1v) is 10.1. The molecule has 0 aliphatic rings. The van der Waals surface area contributed by atoms with E-state index in [9.17, 15) is 27.2 Å². The summed E-state index contributed by atoms with van der Waals surface area (Å²) in [5.41, 5.74) is -0.776. The Morgan fingerprint density at radius 3 is 2.47 bits per heavy atom. The standard InChI is InChI=1S/C22H20F4N4O6/c1-33-10-15(11-4-5-16(13(23)6-11)36-22(24,25)26)29-21(32)14-8-18(31)30-20(28-14)19-17(35-3)7-12(34-2)9-27-19/h4-9,15H,10H2,1-3H3,(H,29,32)(H,28,30,31). The Balaban J connectivity index is 1.90. The van der Waals surface area contributed by atoms with E-state index in [2.05, 4.69) is 25.0 Å². The van der Waals surface area contributed by atoms with Crippen molar-refractivity contribution in [3.63, 3.8) is 0 Å². The van der Waals surface area contributed by atoms with Gasteiger partial charge in [0.25, 0.3) is 11.5 Å². The fourth-order valence-corrected chi connectivity index (χ4v) is 3.12. The number of aromatic amines is 1. The third-order valence-electron chi connectivity index (χ3n) is 4.70. The number of H-pyrrole nitrogens is 1. The smallest absolute Gasteiger partial charge is 0.495 e. The van der Waals surface area contributed by atoms with Gasteiger partial charge in [0.05, 0.1) is 33.1 Å². The molecule has 36 heavy (non-hydrogen) atoms. The highest BCUT2D eigenvalue weighted by atomic mass is 19.4. The van der Waals surface area contributed by atoms with Crippen molar-refractivity contribution in [2.45, 2.75) is 12.4 Å². The molecule has 3 aromatic rings. The van der Waals surface area contributed by atoms with Gasteiger partial charge in [-0.25, -0.2) is 14.4 Å². The number of halogens is 4. The van der Waals surface area contributed by atoms with E-state index >= 15 is 0 Å². The van der Waals surface area contributed by atoms with Gasteiger partial charge in [0.1, 0.15) is 17.1 Å². The molecule has 2 N–H and O–H groups in total. The van der Waals surface area contributed by atoms with Crippen molar-refractivity contribution in [2.24, 2.45) is 0 Å². The Morgan fingerprint density at radius 1 is 1.11 bits per heavy atom. The molecule has 1 unspecified atom stereocenters. The highest BCUT2D eigenvalue weighted by molar-refractivity contribution is 5.92. The lowest BCUT2D eigenvalue weighted by molar-refractivity contribution is -0.275. The number of pyridine rings is 1. The van der Waals surface area contributed by atoms with Crippen LogP contribution in [0.25, 0.3) is 11.5 Å². The molecule has 192 valence electrons. The largest absolute Gasteiger partial charge is 0.573 e. The number of aromatic nitrogens is 3. The van der Waals surface area contributed by atoms with E-state index in [4.69, 9.17) is 14.2 Å². The van der Waals surface area contributed by atoms with Crippen molar-refractivity contribution in [3.8, 4) is 28.8 Å². The second-order valence-corrected chi connectivity index (χ2v) is 7.12. The number of benzene rings is 1. The van der Waals surface area contributed by atoms with Crippen molar-refractivity contribution in [3.05, 3.63) is 64.0 Å². The predicted molar refractivity (Wildman–Crippen MR) is 116 cm³/mol. The summed E-state index contributed by atoms with van der Waals surface area (Å²) in [6, 6.07) is 4.11. The van der Waals surface area contributed by atoms with Gasteiger partial charge < -0.3 is 29.2 Å². The van der Waals surface area contributed by atoms with Gasteiger partial charge in [0.2, 0.25) is 0 Å². The van der Waals surface area contributed by atoms with Gasteiger partial charge in [-0.3, -0.25) is 9.59 Å². The molecule has 0 bridgehead atoms. The van der Waals surface area contributed by atoms with Crippen LogP contribution in [0.5, 0.6) is 17.2 Å². The van der Waals surface area contributed by atoms with E-state index in [1.54, 1.807) is 0 Å². The second kappa shape index (κ2) is 11.0. The van der Waals surface area contributed by atoms with Crippen LogP contribution in [0.3, 0.4) is 0 Å². The van der Waals surface area contributed by atoms with Gasteiger partial charge in [0, 0.05) is 19.2 Å². The first-order valence-electron chi connectivity index (χ1n) is 10.1. The average Bonchev–Trinajstić information content (AvgIpc) is 2.83. The molecule has 0 fully saturated rings. The molecule has 0 spiro atoms. The third kappa shape index (κ3) is 6.47. The van der Waals surface area contributed by atoms with Crippen LogP contribution in [0.1, 0.15) is 22.1 Å². The SMILES string of the molecule is COCC(NC(=O)c1cc(=O)[nH]c(-c2ncc(OC)cc2OC)n1)c1ccc(OC(F)(F)F)c(F)c1. The molecule has 2 aromatic heterocycles. The summed E-state index contributed by atoms with van der Waals surface area (Å²) in [6.45, 7) is -0.172. The van der Waals surface area contributed by atoms with Gasteiger partial charge in [-0.15, -0.1) is 13.2 Å². The lowest BCUT2D eigenvalue weighted by Crippen LogP contribution is -2.33. The average molecular weight is 512 g/mol. The van der Waals surface area contributed by atoms with Crippen LogP contribution in [0, 0.1) is 5.82 Å². The minimum Gasteiger partial charge on any atom is -0.495 e. The molecular weight excluding hydrogens is 492 g/mol. The minimum atomic E-state index is -5.08. The summed E-state index contributed by atoms with van der Waals surface area (Å²) >= 11 is 0. The van der Waals surface area contributed by atoms with Crippen LogP contribution in [0.15, 0.2) is 41.3 Å². The van der Waals surface area contributed by atoms with E-state index in [0.717, 1.165) is 24.3 Å². The Morgan fingerprint density at radius 2 is 1.86 bits per heavy atom. The van der Waals surface area contributed by atoms with Crippen LogP contribution in [0.2, 0.25) is 0 Å². The molecule has 0 saturated carbocycles. The first kappa shape index (κ1) is 26.4. The predicted octanol–water partition coefficient (Wildman–Crippen LogP) is 3.00. The molecule has 0 aliphatic heterocycles. The first-order chi connectivity index (χ1) is 17.0. The Bertz CT molecular complexity index is 1300. The zero-order chi connectivity index (χ0) is 26.5. The molecule has 3 rings (SSSR count). The topological polar surface area (TPSA) is 125 Å². The molecule has 0 aliphatic carbocycles. The highest BCUT2D eigenvalue weighted by Gasteiger charge is 2.32. The van der Waals surface area contributed by atoms with E-state index in [-0.39, 0.29) is 35.1 Å². The quantitative estimate of drug-likeness (QED) is 0.420. The number of carbonyl (C=O) groups excluding carboxylic acids is 1. The summed E-state index contributed by atoms with van der Waals surface area (Å²) in [5.74, 6) is -2.65. The molecule has 1 aromatic carbocycles. The van der Waals surface area contributed by atoms with Gasteiger partial charge in [-0.05, 0) is 17.7 Å². The van der Waals surface area contributed by atoms with E-state index < -0.39 is 35.4 Å². The monoisotopic (exact) mass is 512 g/mol. The number of carbonyl (C=O) groups is 1. The molecule has 1 atom stereocenters. The third-order valence-corrected chi connectivity index (χ3v) is 4.70. The number of nitrogens with zero attached hydrogens (tertiary/aromatic N) is 2. The lowest BCUT2D eigenvalue weighted by Gasteiger charge is -2.19. The van der Waals surface area contributed by atoms with Crippen molar-refractivity contribution < 1.29 is 41.3 Å². The number of hydrogen-bond acceptors (Lipinski definition) is 8. The van der Waals surface area contributed by atoms with Crippen molar-refractivity contribution in [1.29, 1.82) is 0 Å². The van der Waals surface area contributed by atoms with Crippen LogP contribution >= 0.6 is 0 Å². The Kier molecular flexibility index (Phi) is 8.09. The number of amides is 1. The summed E-state index contributed by atoms with van der Waals surface area (Å²) in [4.78, 5) is 35.9. The van der Waals surface area contributed by atoms with Crippen molar-refractivity contribution in [2.75, 3.05) is 27.9 Å². The molecule has 10 nitrogen and oxygen atoms in total. The van der Waals surface area contributed by atoms with Gasteiger partial charge in [-0.2, -0.15) is 0 Å². The van der Waals surface area contributed by atoms with E-state index in [1.165, 1.54) is 33.6 Å². The van der Waals surface area contributed by atoms with Crippen LogP contribution in [-0.2, 0) is 4.74 Å². The second-order valence-electron chi connectivity index (χ2n) is 7.12. The van der Waals surface area contributed by atoms with E-state index in [1.807, 2.05) is 0 Å². The maximum atomic E-state index is 14.2. The fourth-order valence-electron chi connectivity index (χ4n) is 3.12. The van der Waals surface area contributed by atoms with Gasteiger partial charge in [0.15, 0.2) is 23.1 Å². The minimum absolute atomic E-state index is 0.0739. The van der Waals surface area contributed by atoms with Crippen LogP contribution < -0.4 is 25.1 Å². The summed E-state index contributed by atoms with van der Waals surface area (Å²) < 4.78 is 70.4. The number of hydrogen-bond donors (Lipinski definition) is 2. The zero-order valence-corrected chi connectivity index (χ0v) is 19.1. The number of methoxy groups -OCH3 is 3. The van der Waals surface area contributed by atoms with Crippen LogP contribution in [0.4, 0.5) is 17.6 Å². The molecule has 0 saturated heterocycles.